The van der Waals surface area contributed by atoms with Gasteiger partial charge in [-0.25, -0.2) is 0 Å². The van der Waals surface area contributed by atoms with Crippen molar-refractivity contribution in [3.8, 4) is 0 Å². The van der Waals surface area contributed by atoms with Crippen LogP contribution >= 0.6 is 0 Å². The Morgan fingerprint density at radius 1 is 1.17 bits per heavy atom. The summed E-state index contributed by atoms with van der Waals surface area (Å²) in [5.41, 5.74) is -0.514. The predicted octanol–water partition coefficient (Wildman–Crippen LogP) is 2.90. The number of hydrogen-bond donors (Lipinski definition) is 1. The van der Waals surface area contributed by atoms with Crippen molar-refractivity contribution in [1.29, 1.82) is 0 Å². The van der Waals surface area contributed by atoms with Crippen LogP contribution in [0.4, 0.5) is 0 Å². The Morgan fingerprint density at radius 3 is 2.00 bits per heavy atom. The van der Waals surface area contributed by atoms with E-state index in [1.807, 2.05) is 41.5 Å². The molecule has 0 amide bonds. The molecule has 0 heterocycles. The van der Waals surface area contributed by atoms with E-state index in [1.165, 1.54) is 0 Å². The molecular formula is C14H26O4. The van der Waals surface area contributed by atoms with Gasteiger partial charge in [-0.3, -0.25) is 9.59 Å². The molecule has 0 saturated heterocycles. The number of aliphatic carboxylic acids is 1. The molecule has 0 saturated carbocycles. The normalized spacial score (nSPS) is 15.5. The number of ether oxygens (including phenoxy) is 1. The maximum atomic E-state index is 12.2. The SMILES string of the molecule is CC(C)C(C)OC(CCC(=O)O)C(=O)C(C)(C)C. The van der Waals surface area contributed by atoms with Crippen LogP contribution in [0.1, 0.15) is 54.4 Å². The number of carbonyl (C=O) groups excluding carboxylic acids is 1. The fourth-order valence-electron chi connectivity index (χ4n) is 1.41. The monoisotopic (exact) mass is 258 g/mol. The molecule has 0 aromatic heterocycles. The first kappa shape index (κ1) is 17.1. The Morgan fingerprint density at radius 2 is 1.67 bits per heavy atom. The van der Waals surface area contributed by atoms with E-state index in [0.29, 0.717) is 5.92 Å². The van der Waals surface area contributed by atoms with Crippen molar-refractivity contribution >= 4 is 11.8 Å². The lowest BCUT2D eigenvalue weighted by molar-refractivity contribution is -0.146. The molecule has 0 aliphatic heterocycles. The van der Waals surface area contributed by atoms with E-state index in [2.05, 4.69) is 0 Å². The van der Waals surface area contributed by atoms with Crippen molar-refractivity contribution in [2.45, 2.75) is 66.6 Å². The minimum absolute atomic E-state index is 0.0312. The van der Waals surface area contributed by atoms with Gasteiger partial charge in [-0.1, -0.05) is 34.6 Å². The van der Waals surface area contributed by atoms with Gasteiger partial charge in [0, 0.05) is 11.8 Å². The largest absolute Gasteiger partial charge is 0.481 e. The first-order chi connectivity index (χ1) is 8.05. The van der Waals surface area contributed by atoms with Crippen molar-refractivity contribution in [2.75, 3.05) is 0 Å². The molecule has 0 bridgehead atoms. The molecule has 106 valence electrons. The van der Waals surface area contributed by atoms with Gasteiger partial charge in [0.2, 0.25) is 0 Å². The van der Waals surface area contributed by atoms with Gasteiger partial charge in [0.15, 0.2) is 5.78 Å². The highest BCUT2D eigenvalue weighted by Crippen LogP contribution is 2.23. The zero-order valence-electron chi connectivity index (χ0n) is 12.3. The van der Waals surface area contributed by atoms with Gasteiger partial charge in [-0.05, 0) is 19.3 Å². The van der Waals surface area contributed by atoms with Crippen LogP contribution < -0.4 is 0 Å². The second-order valence-electron chi connectivity index (χ2n) is 6.12. The Kier molecular flexibility index (Phi) is 6.54. The van der Waals surface area contributed by atoms with Crippen LogP contribution in [0.3, 0.4) is 0 Å². The van der Waals surface area contributed by atoms with E-state index >= 15 is 0 Å². The summed E-state index contributed by atoms with van der Waals surface area (Å²) in [4.78, 5) is 22.8. The second-order valence-corrected chi connectivity index (χ2v) is 6.12. The fourth-order valence-corrected chi connectivity index (χ4v) is 1.41. The fraction of sp³-hybridized carbons (Fsp3) is 0.857. The number of ketones is 1. The second kappa shape index (κ2) is 6.88. The van der Waals surface area contributed by atoms with Crippen LogP contribution in [0.25, 0.3) is 0 Å². The molecule has 18 heavy (non-hydrogen) atoms. The molecule has 4 nitrogen and oxygen atoms in total. The van der Waals surface area contributed by atoms with Crippen molar-refractivity contribution in [3.05, 3.63) is 0 Å². The van der Waals surface area contributed by atoms with Crippen molar-refractivity contribution in [3.63, 3.8) is 0 Å². The van der Waals surface area contributed by atoms with Crippen LogP contribution in [0.5, 0.6) is 0 Å². The average Bonchev–Trinajstić information content (AvgIpc) is 2.20. The summed E-state index contributed by atoms with van der Waals surface area (Å²) >= 11 is 0. The lowest BCUT2D eigenvalue weighted by Gasteiger charge is -2.28. The third kappa shape index (κ3) is 6.15. The number of carboxylic acid groups (broad SMARTS) is 1. The average molecular weight is 258 g/mol. The summed E-state index contributed by atoms with van der Waals surface area (Å²) in [5.74, 6) is -0.635. The van der Waals surface area contributed by atoms with Crippen molar-refractivity contribution < 1.29 is 19.4 Å². The Labute approximate surface area is 110 Å². The molecule has 0 aliphatic rings. The van der Waals surface area contributed by atoms with Gasteiger partial charge in [0.1, 0.15) is 6.10 Å². The van der Waals surface area contributed by atoms with Crippen LogP contribution in [-0.4, -0.2) is 29.1 Å². The van der Waals surface area contributed by atoms with Gasteiger partial charge >= 0.3 is 5.97 Å². The predicted molar refractivity (Wildman–Crippen MR) is 70.5 cm³/mol. The molecule has 0 aromatic rings. The summed E-state index contributed by atoms with van der Waals surface area (Å²) in [6.07, 6.45) is -0.492. The van der Waals surface area contributed by atoms with Gasteiger partial charge < -0.3 is 9.84 Å². The summed E-state index contributed by atoms with van der Waals surface area (Å²) in [7, 11) is 0. The highest BCUT2D eigenvalue weighted by Gasteiger charge is 2.32. The molecule has 0 aliphatic carbocycles. The Bertz CT molecular complexity index is 289. The molecule has 4 heteroatoms. The standard InChI is InChI=1S/C14H26O4/c1-9(2)10(3)18-11(7-8-12(15)16)13(17)14(4,5)6/h9-11H,7-8H2,1-6H3,(H,15,16). The smallest absolute Gasteiger partial charge is 0.303 e. The number of Topliss-reactive ketones (excluding diaryl/α,β-unsaturated/α-hetero) is 1. The third-order valence-electron chi connectivity index (χ3n) is 2.97. The molecule has 0 rings (SSSR count). The van der Waals surface area contributed by atoms with Gasteiger partial charge in [-0.2, -0.15) is 0 Å². The number of carbonyl (C=O) groups is 2. The molecule has 0 fully saturated rings. The molecule has 2 atom stereocenters. The first-order valence-corrected chi connectivity index (χ1v) is 6.47. The summed E-state index contributed by atoms with van der Waals surface area (Å²) in [6.45, 7) is 11.4. The first-order valence-electron chi connectivity index (χ1n) is 6.47. The zero-order chi connectivity index (χ0) is 14.5. The lowest BCUT2D eigenvalue weighted by atomic mass is 9.86. The van der Waals surface area contributed by atoms with Crippen LogP contribution in [-0.2, 0) is 14.3 Å². The van der Waals surface area contributed by atoms with E-state index in [-0.39, 0.29) is 24.7 Å². The summed E-state index contributed by atoms with van der Waals surface area (Å²) in [5, 5.41) is 8.72. The minimum Gasteiger partial charge on any atom is -0.481 e. The molecule has 0 aromatic carbocycles. The van der Waals surface area contributed by atoms with Crippen molar-refractivity contribution in [2.24, 2.45) is 11.3 Å². The molecule has 0 radical (unpaired) electrons. The molecule has 0 spiro atoms. The Balaban J connectivity index is 4.72. The number of carboxylic acids is 1. The maximum Gasteiger partial charge on any atom is 0.303 e. The van der Waals surface area contributed by atoms with Crippen LogP contribution in [0.2, 0.25) is 0 Å². The van der Waals surface area contributed by atoms with E-state index in [0.717, 1.165) is 0 Å². The highest BCUT2D eigenvalue weighted by atomic mass is 16.5. The van der Waals surface area contributed by atoms with Crippen LogP contribution in [0, 0.1) is 11.3 Å². The third-order valence-corrected chi connectivity index (χ3v) is 2.97. The van der Waals surface area contributed by atoms with Crippen molar-refractivity contribution in [1.82, 2.24) is 0 Å². The van der Waals surface area contributed by atoms with E-state index in [1.54, 1.807) is 0 Å². The topological polar surface area (TPSA) is 63.6 Å². The van der Waals surface area contributed by atoms with E-state index < -0.39 is 17.5 Å². The molecule has 1 N–H and O–H groups in total. The quantitative estimate of drug-likeness (QED) is 0.762. The molecule has 2 unspecified atom stereocenters. The van der Waals surface area contributed by atoms with E-state index in [9.17, 15) is 9.59 Å². The summed E-state index contributed by atoms with van der Waals surface area (Å²) in [6, 6.07) is 0. The lowest BCUT2D eigenvalue weighted by Crippen LogP contribution is -2.38. The van der Waals surface area contributed by atoms with Crippen LogP contribution in [0.15, 0.2) is 0 Å². The maximum absolute atomic E-state index is 12.2. The molecular weight excluding hydrogens is 232 g/mol. The summed E-state index contributed by atoms with van der Waals surface area (Å²) < 4.78 is 5.74. The number of hydrogen-bond acceptors (Lipinski definition) is 3. The number of rotatable bonds is 7. The van der Waals surface area contributed by atoms with Gasteiger partial charge in [0.25, 0.3) is 0 Å². The van der Waals surface area contributed by atoms with E-state index in [4.69, 9.17) is 9.84 Å². The Hall–Kier alpha value is -0.900. The van der Waals surface area contributed by atoms with Gasteiger partial charge in [0.05, 0.1) is 6.10 Å². The van der Waals surface area contributed by atoms with Gasteiger partial charge in [-0.15, -0.1) is 0 Å². The zero-order valence-corrected chi connectivity index (χ0v) is 12.3. The minimum atomic E-state index is -0.900. The highest BCUT2D eigenvalue weighted by molar-refractivity contribution is 5.88.